The minimum atomic E-state index is -3.82. The first-order valence-corrected chi connectivity index (χ1v) is 8.76. The molecule has 0 spiro atoms. The fourth-order valence-corrected chi connectivity index (χ4v) is 3.22. The van der Waals surface area contributed by atoms with Gasteiger partial charge in [0.05, 0.1) is 4.90 Å². The third-order valence-electron chi connectivity index (χ3n) is 3.69. The van der Waals surface area contributed by atoms with E-state index in [2.05, 4.69) is 13.8 Å². The lowest BCUT2D eigenvalue weighted by Crippen LogP contribution is -2.30. The van der Waals surface area contributed by atoms with Crippen molar-refractivity contribution in [2.45, 2.75) is 32.1 Å². The maximum Gasteiger partial charge on any atom is 0.261 e. The molecule has 6 heteroatoms. The third-order valence-corrected chi connectivity index (χ3v) is 5.04. The Morgan fingerprint density at radius 1 is 1.35 bits per heavy atom. The second-order valence-electron chi connectivity index (χ2n) is 6.06. The second kappa shape index (κ2) is 5.04. The number of aryl methyl sites for hydroxylation is 1. The molecule has 4 nitrogen and oxygen atoms in total. The summed E-state index contributed by atoms with van der Waals surface area (Å²) in [7, 11) is 1.52. The highest BCUT2D eigenvalue weighted by Crippen LogP contribution is 2.30. The summed E-state index contributed by atoms with van der Waals surface area (Å²) in [4.78, 5) is 14.3. The Kier molecular flexibility index (Phi) is 3.86. The van der Waals surface area contributed by atoms with Gasteiger partial charge >= 0.3 is 0 Å². The number of nitrogens with zero attached hydrogens (tertiary/aromatic N) is 1. The number of carbonyl (C=O) groups is 1. The molecule has 0 saturated carbocycles. The molecule has 1 amide bonds. The van der Waals surface area contributed by atoms with Crippen LogP contribution in [0.4, 0.5) is 0 Å². The van der Waals surface area contributed by atoms with Crippen molar-refractivity contribution >= 4 is 25.6 Å². The van der Waals surface area contributed by atoms with Crippen molar-refractivity contribution in [3.05, 3.63) is 29.3 Å². The van der Waals surface area contributed by atoms with Gasteiger partial charge in [-0.3, -0.25) is 4.79 Å². The van der Waals surface area contributed by atoms with E-state index < -0.39 is 9.05 Å². The zero-order valence-electron chi connectivity index (χ0n) is 11.8. The SMILES string of the molecule is Cc1ccc(S(=O)(=O)Cl)cc1C(=O)N1CCC(C)(C)C1. The summed E-state index contributed by atoms with van der Waals surface area (Å²) in [5, 5.41) is 0. The Balaban J connectivity index is 2.35. The third kappa shape index (κ3) is 3.15. The van der Waals surface area contributed by atoms with E-state index in [1.807, 2.05) is 0 Å². The Hall–Kier alpha value is -1.07. The highest BCUT2D eigenvalue weighted by atomic mass is 35.7. The first-order valence-electron chi connectivity index (χ1n) is 6.45. The van der Waals surface area contributed by atoms with Gasteiger partial charge < -0.3 is 4.90 Å². The van der Waals surface area contributed by atoms with Crippen molar-refractivity contribution in [3.8, 4) is 0 Å². The van der Waals surface area contributed by atoms with Gasteiger partial charge in [-0.05, 0) is 36.5 Å². The summed E-state index contributed by atoms with van der Waals surface area (Å²) in [6, 6.07) is 4.40. The van der Waals surface area contributed by atoms with Gasteiger partial charge in [0.25, 0.3) is 15.0 Å². The van der Waals surface area contributed by atoms with Gasteiger partial charge in [-0.2, -0.15) is 0 Å². The molecule has 2 rings (SSSR count). The van der Waals surface area contributed by atoms with E-state index in [9.17, 15) is 13.2 Å². The first-order chi connectivity index (χ1) is 9.10. The molecule has 1 aromatic carbocycles. The van der Waals surface area contributed by atoms with Crippen molar-refractivity contribution in [3.63, 3.8) is 0 Å². The molecule has 1 aliphatic rings. The minimum absolute atomic E-state index is 0.0356. The van der Waals surface area contributed by atoms with Crippen LogP contribution in [0.2, 0.25) is 0 Å². The van der Waals surface area contributed by atoms with E-state index in [0.29, 0.717) is 18.7 Å². The largest absolute Gasteiger partial charge is 0.338 e. The van der Waals surface area contributed by atoms with Gasteiger partial charge in [0, 0.05) is 29.3 Å². The Bertz CT molecular complexity index is 652. The molecule has 20 heavy (non-hydrogen) atoms. The average molecular weight is 316 g/mol. The molecule has 0 aromatic heterocycles. The normalized spacial score (nSPS) is 18.3. The van der Waals surface area contributed by atoms with Gasteiger partial charge in [-0.25, -0.2) is 8.42 Å². The molecule has 0 aliphatic carbocycles. The van der Waals surface area contributed by atoms with Crippen LogP contribution in [-0.2, 0) is 9.05 Å². The number of amides is 1. The second-order valence-corrected chi connectivity index (χ2v) is 8.62. The summed E-state index contributed by atoms with van der Waals surface area (Å²) in [5.74, 6) is -0.129. The lowest BCUT2D eigenvalue weighted by molar-refractivity contribution is 0.0777. The van der Waals surface area contributed by atoms with Crippen LogP contribution >= 0.6 is 10.7 Å². The molecule has 1 fully saturated rings. The number of carbonyl (C=O) groups excluding carboxylic acids is 1. The fraction of sp³-hybridized carbons (Fsp3) is 0.500. The van der Waals surface area contributed by atoms with Crippen LogP contribution in [0.25, 0.3) is 0 Å². The summed E-state index contributed by atoms with van der Waals surface area (Å²) in [6.45, 7) is 7.41. The maximum atomic E-state index is 12.5. The van der Waals surface area contributed by atoms with Gasteiger partial charge in [-0.1, -0.05) is 19.9 Å². The first kappa shape index (κ1) is 15.3. The van der Waals surface area contributed by atoms with Crippen LogP contribution in [0.5, 0.6) is 0 Å². The van der Waals surface area contributed by atoms with E-state index in [1.54, 1.807) is 17.9 Å². The molecular weight excluding hydrogens is 298 g/mol. The minimum Gasteiger partial charge on any atom is -0.338 e. The van der Waals surface area contributed by atoms with Crippen molar-refractivity contribution < 1.29 is 13.2 Å². The monoisotopic (exact) mass is 315 g/mol. The smallest absolute Gasteiger partial charge is 0.261 e. The number of hydrogen-bond acceptors (Lipinski definition) is 3. The average Bonchev–Trinajstić information content (AvgIpc) is 2.68. The number of halogens is 1. The predicted octanol–water partition coefficient (Wildman–Crippen LogP) is 2.79. The van der Waals surface area contributed by atoms with Crippen molar-refractivity contribution in [2.75, 3.05) is 13.1 Å². The number of benzene rings is 1. The van der Waals surface area contributed by atoms with E-state index in [0.717, 1.165) is 12.0 Å². The van der Waals surface area contributed by atoms with Crippen LogP contribution in [0.15, 0.2) is 23.1 Å². The van der Waals surface area contributed by atoms with Crippen molar-refractivity contribution in [2.24, 2.45) is 5.41 Å². The number of likely N-dealkylation sites (tertiary alicyclic amines) is 1. The lowest BCUT2D eigenvalue weighted by Gasteiger charge is -2.20. The van der Waals surface area contributed by atoms with E-state index in [4.69, 9.17) is 10.7 Å². The molecule has 0 unspecified atom stereocenters. The predicted molar refractivity (Wildman–Crippen MR) is 78.5 cm³/mol. The molecule has 0 radical (unpaired) electrons. The molecule has 1 aromatic rings. The lowest BCUT2D eigenvalue weighted by atomic mass is 9.93. The van der Waals surface area contributed by atoms with E-state index in [1.165, 1.54) is 12.1 Å². The molecule has 0 atom stereocenters. The molecule has 1 heterocycles. The Morgan fingerprint density at radius 3 is 2.50 bits per heavy atom. The summed E-state index contributed by atoms with van der Waals surface area (Å²) in [5.41, 5.74) is 1.27. The van der Waals surface area contributed by atoms with Gasteiger partial charge in [0.15, 0.2) is 0 Å². The maximum absolute atomic E-state index is 12.5. The van der Waals surface area contributed by atoms with Crippen LogP contribution in [0, 0.1) is 12.3 Å². The fourth-order valence-electron chi connectivity index (χ4n) is 2.44. The summed E-state index contributed by atoms with van der Waals surface area (Å²) < 4.78 is 22.8. The number of rotatable bonds is 2. The van der Waals surface area contributed by atoms with Crippen LogP contribution < -0.4 is 0 Å². The standard InChI is InChI=1S/C14H18ClNO3S/c1-10-4-5-11(20(15,18)19)8-12(10)13(17)16-7-6-14(2,3)9-16/h4-5,8H,6-7,9H2,1-3H3. The molecular formula is C14H18ClNO3S. The van der Waals surface area contributed by atoms with E-state index >= 15 is 0 Å². The van der Waals surface area contributed by atoms with Crippen LogP contribution in [-0.4, -0.2) is 32.3 Å². The van der Waals surface area contributed by atoms with Gasteiger partial charge in [0.2, 0.25) is 0 Å². The zero-order chi connectivity index (χ0) is 15.1. The molecule has 1 aliphatic heterocycles. The van der Waals surface area contributed by atoms with Crippen molar-refractivity contribution in [1.82, 2.24) is 4.90 Å². The van der Waals surface area contributed by atoms with E-state index in [-0.39, 0.29) is 16.2 Å². The highest BCUT2D eigenvalue weighted by Gasteiger charge is 2.33. The van der Waals surface area contributed by atoms with Crippen LogP contribution in [0.3, 0.4) is 0 Å². The quantitative estimate of drug-likeness (QED) is 0.789. The van der Waals surface area contributed by atoms with Crippen molar-refractivity contribution in [1.29, 1.82) is 0 Å². The number of hydrogen-bond donors (Lipinski definition) is 0. The Morgan fingerprint density at radius 2 is 2.00 bits per heavy atom. The summed E-state index contributed by atoms with van der Waals surface area (Å²) in [6.07, 6.45) is 0.950. The molecule has 0 N–H and O–H groups in total. The van der Waals surface area contributed by atoms with Gasteiger partial charge in [-0.15, -0.1) is 0 Å². The zero-order valence-corrected chi connectivity index (χ0v) is 13.4. The topological polar surface area (TPSA) is 54.5 Å². The highest BCUT2D eigenvalue weighted by molar-refractivity contribution is 8.13. The Labute approximate surface area is 124 Å². The molecule has 1 saturated heterocycles. The van der Waals surface area contributed by atoms with Crippen LogP contribution in [0.1, 0.15) is 36.2 Å². The summed E-state index contributed by atoms with van der Waals surface area (Å²) >= 11 is 0. The molecule has 110 valence electrons. The van der Waals surface area contributed by atoms with Gasteiger partial charge in [0.1, 0.15) is 0 Å². The molecule has 0 bridgehead atoms.